The molecule has 1 radical (unpaired) electrons. The summed E-state index contributed by atoms with van der Waals surface area (Å²) in [6.45, 7) is 0. The monoisotopic (exact) mass is 335 g/mol. The van der Waals surface area contributed by atoms with Crippen molar-refractivity contribution in [3.8, 4) is 0 Å². The quantitative estimate of drug-likeness (QED) is 0.532. The van der Waals surface area contributed by atoms with Gasteiger partial charge in [0.1, 0.15) is 0 Å². The normalized spacial score (nSPS) is 7.20. The molecule has 20 heavy (non-hydrogen) atoms. The van der Waals surface area contributed by atoms with Crippen LogP contribution in [0, 0.1) is 18.2 Å². The van der Waals surface area contributed by atoms with Crippen molar-refractivity contribution in [2.24, 2.45) is 0 Å². The Balaban J connectivity index is 0. The maximum atomic E-state index is 2.89. The molecular weight excluding hydrogens is 320 g/mol. The van der Waals surface area contributed by atoms with E-state index in [1.807, 2.05) is 91.0 Å². The molecule has 0 amide bonds. The predicted octanol–water partition coefficient (Wildman–Crippen LogP) is 4.46. The smallest absolute Gasteiger partial charge is 0.184 e. The Bertz CT molecular complexity index is 300. The van der Waals surface area contributed by atoms with Crippen molar-refractivity contribution in [2.75, 3.05) is 0 Å². The Morgan fingerprint density at radius 1 is 0.350 bits per heavy atom. The second kappa shape index (κ2) is 17.7. The van der Waals surface area contributed by atoms with E-state index in [4.69, 9.17) is 0 Å². The number of hydrogen-bond donors (Lipinski definition) is 0. The first kappa shape index (κ1) is 21.0. The molecule has 3 aromatic rings. The zero-order valence-electron chi connectivity index (χ0n) is 11.0. The van der Waals surface area contributed by atoms with Gasteiger partial charge in [0.15, 0.2) is 0 Å². The molecule has 3 aromatic carbocycles. The van der Waals surface area contributed by atoms with Gasteiger partial charge >= 0.3 is 17.4 Å². The SMILES string of the molecule is [Cr+3].[Cr].[c-]1ccccc1.[c-]1ccccc1.[c-]1ccccc1. The molecule has 0 spiro atoms. The average molecular weight is 335 g/mol. The van der Waals surface area contributed by atoms with E-state index in [0.717, 1.165) is 0 Å². The van der Waals surface area contributed by atoms with E-state index >= 15 is 0 Å². The summed E-state index contributed by atoms with van der Waals surface area (Å²) < 4.78 is 0. The molecule has 2 heteroatoms. The molecule has 0 aromatic heterocycles. The standard InChI is InChI=1S/3C6H5.2Cr/c3*1-2-4-6-5-3-1;;/h3*1-5H;;/q3*-1;;+3. The molecule has 0 N–H and O–H groups in total. The molecule has 0 unspecified atom stereocenters. The van der Waals surface area contributed by atoms with Crippen LogP contribution in [0.25, 0.3) is 0 Å². The Hall–Kier alpha value is -1.28. The van der Waals surface area contributed by atoms with Gasteiger partial charge in [-0.2, -0.15) is 109 Å². The summed E-state index contributed by atoms with van der Waals surface area (Å²) in [6.07, 6.45) is 0. The third-order valence-corrected chi connectivity index (χ3v) is 1.82. The van der Waals surface area contributed by atoms with Crippen LogP contribution in [0.2, 0.25) is 0 Å². The average Bonchev–Trinajstić information content (AvgIpc) is 2.54. The molecule has 0 aliphatic rings. The van der Waals surface area contributed by atoms with E-state index in [1.54, 1.807) is 0 Å². The molecule has 99 valence electrons. The van der Waals surface area contributed by atoms with Crippen LogP contribution in [0.4, 0.5) is 0 Å². The first-order valence-corrected chi connectivity index (χ1v) is 5.73. The van der Waals surface area contributed by atoms with Crippen LogP contribution in [0.5, 0.6) is 0 Å². The second-order valence-corrected chi connectivity index (χ2v) is 3.23. The number of benzene rings is 3. The van der Waals surface area contributed by atoms with Crippen molar-refractivity contribution in [1.82, 2.24) is 0 Å². The van der Waals surface area contributed by atoms with Gasteiger partial charge in [-0.3, -0.25) is 0 Å². The third kappa shape index (κ3) is 14.8. The molecule has 0 atom stereocenters. The summed E-state index contributed by atoms with van der Waals surface area (Å²) in [6, 6.07) is 37.5. The fraction of sp³-hybridized carbons (Fsp3) is 0. The van der Waals surface area contributed by atoms with E-state index in [9.17, 15) is 0 Å². The maximum Gasteiger partial charge on any atom is 3.00 e. The predicted molar refractivity (Wildman–Crippen MR) is 75.8 cm³/mol. The zero-order valence-corrected chi connectivity index (χ0v) is 13.5. The Morgan fingerprint density at radius 2 is 0.550 bits per heavy atom. The van der Waals surface area contributed by atoms with Gasteiger partial charge in [0.25, 0.3) is 0 Å². The van der Waals surface area contributed by atoms with Crippen molar-refractivity contribution < 1.29 is 34.7 Å². The topological polar surface area (TPSA) is 0 Å². The number of hydrogen-bond acceptors (Lipinski definition) is 0. The van der Waals surface area contributed by atoms with Crippen LogP contribution in [-0.2, 0) is 34.7 Å². The van der Waals surface area contributed by atoms with Gasteiger partial charge in [-0.1, -0.05) is 0 Å². The van der Waals surface area contributed by atoms with Gasteiger partial charge in [-0.05, 0) is 0 Å². The minimum atomic E-state index is 0. The van der Waals surface area contributed by atoms with Crippen LogP contribution in [0.15, 0.2) is 91.0 Å². The second-order valence-electron chi connectivity index (χ2n) is 3.23. The van der Waals surface area contributed by atoms with Crippen molar-refractivity contribution in [2.45, 2.75) is 0 Å². The first-order chi connectivity index (χ1) is 9.00. The third-order valence-electron chi connectivity index (χ3n) is 1.82. The summed E-state index contributed by atoms with van der Waals surface area (Å²) in [4.78, 5) is 0. The maximum absolute atomic E-state index is 2.89. The molecule has 0 saturated carbocycles. The van der Waals surface area contributed by atoms with E-state index in [2.05, 4.69) is 18.2 Å². The van der Waals surface area contributed by atoms with E-state index in [1.165, 1.54) is 0 Å². The molecule has 0 fully saturated rings. The molecule has 0 aliphatic heterocycles. The van der Waals surface area contributed by atoms with Crippen LogP contribution in [0.3, 0.4) is 0 Å². The molecule has 3 rings (SSSR count). The fourth-order valence-corrected chi connectivity index (χ4v) is 1.03. The van der Waals surface area contributed by atoms with Gasteiger partial charge in [0.05, 0.1) is 0 Å². The van der Waals surface area contributed by atoms with Gasteiger partial charge in [-0.25, -0.2) is 0 Å². The van der Waals surface area contributed by atoms with E-state index in [-0.39, 0.29) is 34.7 Å². The van der Waals surface area contributed by atoms with Crippen LogP contribution < -0.4 is 0 Å². The summed E-state index contributed by atoms with van der Waals surface area (Å²) >= 11 is 0. The van der Waals surface area contributed by atoms with Gasteiger partial charge < -0.3 is 0 Å². The molecule has 0 heterocycles. The molecular formula is C18H15Cr2. The van der Waals surface area contributed by atoms with Crippen molar-refractivity contribution in [3.63, 3.8) is 0 Å². The van der Waals surface area contributed by atoms with Crippen LogP contribution >= 0.6 is 0 Å². The van der Waals surface area contributed by atoms with Crippen molar-refractivity contribution >= 4 is 0 Å². The largest absolute Gasteiger partial charge is 3.00 e. The summed E-state index contributed by atoms with van der Waals surface area (Å²) in [7, 11) is 0. The Kier molecular flexibility index (Phi) is 18.6. The van der Waals surface area contributed by atoms with Crippen molar-refractivity contribution in [3.05, 3.63) is 109 Å². The van der Waals surface area contributed by atoms with Gasteiger partial charge in [0.2, 0.25) is 0 Å². The van der Waals surface area contributed by atoms with Gasteiger partial charge in [-0.15, -0.1) is 0 Å². The summed E-state index contributed by atoms with van der Waals surface area (Å²) in [5.74, 6) is 0. The Labute approximate surface area is 143 Å². The zero-order chi connectivity index (χ0) is 12.7. The van der Waals surface area contributed by atoms with Crippen LogP contribution in [0.1, 0.15) is 0 Å². The minimum Gasteiger partial charge on any atom is -0.184 e. The summed E-state index contributed by atoms with van der Waals surface area (Å²) in [5.41, 5.74) is 0. The number of rotatable bonds is 0. The van der Waals surface area contributed by atoms with Crippen LogP contribution in [-0.4, -0.2) is 0 Å². The molecule has 0 nitrogen and oxygen atoms in total. The van der Waals surface area contributed by atoms with E-state index < -0.39 is 0 Å². The molecule has 0 aliphatic carbocycles. The first-order valence-electron chi connectivity index (χ1n) is 5.73. The Morgan fingerprint density at radius 3 is 0.600 bits per heavy atom. The summed E-state index contributed by atoms with van der Waals surface area (Å²) in [5, 5.41) is 0. The minimum absolute atomic E-state index is 0. The van der Waals surface area contributed by atoms with Crippen molar-refractivity contribution in [1.29, 1.82) is 0 Å². The molecule has 0 saturated heterocycles. The fourth-order valence-electron chi connectivity index (χ4n) is 1.03. The van der Waals surface area contributed by atoms with E-state index in [0.29, 0.717) is 0 Å². The van der Waals surface area contributed by atoms with Gasteiger partial charge in [0, 0.05) is 17.4 Å². The molecule has 0 bridgehead atoms.